The van der Waals surface area contributed by atoms with Gasteiger partial charge in [0.1, 0.15) is 16.4 Å². The molecule has 14 heteroatoms. The zero-order valence-electron chi connectivity index (χ0n) is 18.2. The van der Waals surface area contributed by atoms with Crippen LogP contribution in [0.15, 0.2) is 59.1 Å². The van der Waals surface area contributed by atoms with Crippen LogP contribution < -0.4 is 5.32 Å². The molecule has 0 saturated heterocycles. The molecule has 4 rings (SSSR count). The number of rotatable bonds is 6. The number of halogens is 3. The van der Waals surface area contributed by atoms with E-state index in [-0.39, 0.29) is 16.4 Å². The minimum atomic E-state index is -4.52. The van der Waals surface area contributed by atoms with Crippen LogP contribution in [0.25, 0.3) is 16.4 Å². The molecule has 0 saturated carbocycles. The number of carbonyl (C=O) groups excluding carboxylic acids is 1. The SMILES string of the molecule is CC(NC(=O)c1csc(-c2ccc(S(C)(=O)=O)cc2)n1)c1cn(-c2cc(C(F)(F)F)ccn2)nn1. The fraction of sp³-hybridized carbons (Fsp3) is 0.190. The van der Waals surface area contributed by atoms with Gasteiger partial charge in [0.25, 0.3) is 5.91 Å². The van der Waals surface area contributed by atoms with Crippen LogP contribution in [0.1, 0.15) is 34.7 Å². The number of alkyl halides is 3. The van der Waals surface area contributed by atoms with Gasteiger partial charge in [-0.3, -0.25) is 4.79 Å². The van der Waals surface area contributed by atoms with Gasteiger partial charge >= 0.3 is 6.18 Å². The quantitative estimate of drug-likeness (QED) is 0.410. The third kappa shape index (κ3) is 5.54. The molecule has 35 heavy (non-hydrogen) atoms. The number of nitrogens with one attached hydrogen (secondary N) is 1. The van der Waals surface area contributed by atoms with Crippen molar-refractivity contribution >= 4 is 27.1 Å². The number of amides is 1. The highest BCUT2D eigenvalue weighted by atomic mass is 32.2. The van der Waals surface area contributed by atoms with Crippen LogP contribution in [0.5, 0.6) is 0 Å². The average molecular weight is 523 g/mol. The normalized spacial score (nSPS) is 12.9. The Morgan fingerprint density at radius 1 is 1.17 bits per heavy atom. The zero-order valence-corrected chi connectivity index (χ0v) is 19.8. The molecular formula is C21H17F3N6O3S2. The van der Waals surface area contributed by atoms with Crippen LogP contribution >= 0.6 is 11.3 Å². The number of benzene rings is 1. The van der Waals surface area contributed by atoms with E-state index in [2.05, 4.69) is 25.6 Å². The standard InChI is InChI=1S/C21H17F3N6O3S2/c1-12(16-10-30(29-28-16)18-9-14(7-8-25-18)21(22,23)24)26-19(31)17-11-34-20(27-17)13-3-5-15(6-4-13)35(2,32)33/h3-12H,1-2H3,(H,26,31). The molecule has 1 unspecified atom stereocenters. The maximum atomic E-state index is 12.9. The number of thiazole rings is 1. The molecule has 0 aliphatic heterocycles. The van der Waals surface area contributed by atoms with E-state index < -0.39 is 33.5 Å². The second-order valence-corrected chi connectivity index (χ2v) is 10.4. The molecule has 1 aromatic carbocycles. The van der Waals surface area contributed by atoms with Crippen molar-refractivity contribution in [1.29, 1.82) is 0 Å². The predicted octanol–water partition coefficient (Wildman–Crippen LogP) is 3.70. The van der Waals surface area contributed by atoms with Gasteiger partial charge in [-0.1, -0.05) is 17.3 Å². The van der Waals surface area contributed by atoms with Crippen molar-refractivity contribution in [2.24, 2.45) is 0 Å². The summed E-state index contributed by atoms with van der Waals surface area (Å²) >= 11 is 1.22. The number of pyridine rings is 1. The lowest BCUT2D eigenvalue weighted by atomic mass is 10.2. The van der Waals surface area contributed by atoms with Gasteiger partial charge in [-0.25, -0.2) is 23.1 Å². The predicted molar refractivity (Wildman–Crippen MR) is 121 cm³/mol. The largest absolute Gasteiger partial charge is 0.416 e. The van der Waals surface area contributed by atoms with E-state index in [1.807, 2.05) is 0 Å². The number of nitrogens with zero attached hydrogens (tertiary/aromatic N) is 5. The summed E-state index contributed by atoms with van der Waals surface area (Å²) in [6.45, 7) is 1.64. The Bertz CT molecular complexity index is 1480. The van der Waals surface area contributed by atoms with Crippen LogP contribution in [0, 0.1) is 0 Å². The molecule has 0 radical (unpaired) electrons. The van der Waals surface area contributed by atoms with E-state index in [1.54, 1.807) is 24.4 Å². The Labute approximate surface area is 201 Å². The third-order valence-corrected chi connectivity index (χ3v) is 6.90. The van der Waals surface area contributed by atoms with Crippen molar-refractivity contribution in [1.82, 2.24) is 30.3 Å². The first kappa shape index (κ1) is 24.5. The van der Waals surface area contributed by atoms with Crippen LogP contribution in [-0.4, -0.2) is 45.5 Å². The van der Waals surface area contributed by atoms with Gasteiger partial charge < -0.3 is 5.32 Å². The molecule has 0 aliphatic carbocycles. The van der Waals surface area contributed by atoms with Crippen molar-refractivity contribution < 1.29 is 26.4 Å². The summed E-state index contributed by atoms with van der Waals surface area (Å²) in [5.74, 6) is -0.553. The lowest BCUT2D eigenvalue weighted by Gasteiger charge is -2.09. The van der Waals surface area contributed by atoms with Crippen LogP contribution in [0.4, 0.5) is 13.2 Å². The first-order chi connectivity index (χ1) is 16.4. The van der Waals surface area contributed by atoms with Crippen molar-refractivity contribution in [2.45, 2.75) is 24.0 Å². The first-order valence-electron chi connectivity index (χ1n) is 9.94. The number of hydrogen-bond donors (Lipinski definition) is 1. The van der Waals surface area contributed by atoms with E-state index in [9.17, 15) is 26.4 Å². The summed E-state index contributed by atoms with van der Waals surface area (Å²) in [5.41, 5.74) is 0.248. The molecule has 1 amide bonds. The van der Waals surface area contributed by atoms with Gasteiger partial charge in [0.2, 0.25) is 0 Å². The van der Waals surface area contributed by atoms with Gasteiger partial charge in [-0.2, -0.15) is 13.2 Å². The van der Waals surface area contributed by atoms with Gasteiger partial charge in [0.15, 0.2) is 15.7 Å². The fourth-order valence-electron chi connectivity index (χ4n) is 3.01. The fourth-order valence-corrected chi connectivity index (χ4v) is 4.44. The molecule has 0 bridgehead atoms. The summed E-state index contributed by atoms with van der Waals surface area (Å²) in [7, 11) is -3.32. The highest BCUT2D eigenvalue weighted by Gasteiger charge is 2.31. The number of carbonyl (C=O) groups is 1. The van der Waals surface area contributed by atoms with Crippen molar-refractivity contribution in [3.05, 3.63) is 71.1 Å². The Morgan fingerprint density at radius 3 is 2.54 bits per heavy atom. The topological polar surface area (TPSA) is 120 Å². The molecule has 182 valence electrons. The van der Waals surface area contributed by atoms with Crippen molar-refractivity contribution in [2.75, 3.05) is 6.26 Å². The van der Waals surface area contributed by atoms with Gasteiger partial charge in [0, 0.05) is 23.4 Å². The van der Waals surface area contributed by atoms with Crippen LogP contribution in [0.3, 0.4) is 0 Å². The van der Waals surface area contributed by atoms with Gasteiger partial charge in [-0.15, -0.1) is 16.4 Å². The molecule has 1 N–H and O–H groups in total. The smallest absolute Gasteiger partial charge is 0.342 e. The molecular weight excluding hydrogens is 505 g/mol. The number of hydrogen-bond acceptors (Lipinski definition) is 8. The van der Waals surface area contributed by atoms with E-state index in [1.165, 1.54) is 29.7 Å². The second-order valence-electron chi connectivity index (χ2n) is 7.52. The van der Waals surface area contributed by atoms with E-state index >= 15 is 0 Å². The van der Waals surface area contributed by atoms with E-state index in [0.29, 0.717) is 16.3 Å². The van der Waals surface area contributed by atoms with Crippen LogP contribution in [0.2, 0.25) is 0 Å². The van der Waals surface area contributed by atoms with Crippen LogP contribution in [-0.2, 0) is 16.0 Å². The second kappa shape index (κ2) is 9.19. The summed E-state index contributed by atoms with van der Waals surface area (Å²) in [4.78, 5) is 21.0. The summed E-state index contributed by atoms with van der Waals surface area (Å²) < 4.78 is 63.1. The van der Waals surface area contributed by atoms with E-state index in [4.69, 9.17) is 0 Å². The highest BCUT2D eigenvalue weighted by molar-refractivity contribution is 7.90. The third-order valence-electron chi connectivity index (χ3n) is 4.88. The number of sulfone groups is 1. The molecule has 3 heterocycles. The lowest BCUT2D eigenvalue weighted by Crippen LogP contribution is -2.27. The average Bonchev–Trinajstić information content (AvgIpc) is 3.49. The Balaban J connectivity index is 1.45. The summed E-state index contributed by atoms with van der Waals surface area (Å²) in [6.07, 6.45) is -1.00. The van der Waals surface area contributed by atoms with Gasteiger partial charge in [0.05, 0.1) is 22.7 Å². The van der Waals surface area contributed by atoms with Crippen molar-refractivity contribution in [3.63, 3.8) is 0 Å². The Hall–Kier alpha value is -3.65. The molecule has 9 nitrogen and oxygen atoms in total. The zero-order chi connectivity index (χ0) is 25.4. The monoisotopic (exact) mass is 522 g/mol. The minimum Gasteiger partial charge on any atom is -0.342 e. The van der Waals surface area contributed by atoms with Gasteiger partial charge in [-0.05, 0) is 31.2 Å². The maximum absolute atomic E-state index is 12.9. The minimum absolute atomic E-state index is 0.0665. The number of aromatic nitrogens is 5. The van der Waals surface area contributed by atoms with E-state index in [0.717, 1.165) is 29.3 Å². The summed E-state index contributed by atoms with van der Waals surface area (Å²) in [5, 5.41) is 12.5. The molecule has 0 aliphatic rings. The molecule has 3 aromatic heterocycles. The molecule has 4 aromatic rings. The maximum Gasteiger partial charge on any atom is 0.416 e. The Kier molecular flexibility index (Phi) is 6.42. The highest BCUT2D eigenvalue weighted by Crippen LogP contribution is 2.29. The lowest BCUT2D eigenvalue weighted by molar-refractivity contribution is -0.137. The Morgan fingerprint density at radius 2 is 1.89 bits per heavy atom. The molecule has 0 fully saturated rings. The summed E-state index contributed by atoms with van der Waals surface area (Å²) in [6, 6.07) is 7.24. The first-order valence-corrected chi connectivity index (χ1v) is 12.7. The molecule has 0 spiro atoms. The van der Waals surface area contributed by atoms with Crippen molar-refractivity contribution in [3.8, 4) is 16.4 Å². The molecule has 1 atom stereocenters.